The molecule has 7 nitrogen and oxygen atoms in total. The van der Waals surface area contributed by atoms with Gasteiger partial charge in [-0.3, -0.25) is 10.1 Å². The molecule has 1 saturated heterocycles. The summed E-state index contributed by atoms with van der Waals surface area (Å²) in [4.78, 5) is 21.2. The number of hydrogen-bond donors (Lipinski definition) is 0. The van der Waals surface area contributed by atoms with Crippen molar-refractivity contribution in [3.63, 3.8) is 0 Å². The van der Waals surface area contributed by atoms with Crippen molar-refractivity contribution in [2.45, 2.75) is 19.8 Å². The number of halogens is 1. The molecule has 126 valence electrons. The van der Waals surface area contributed by atoms with Gasteiger partial charge in [-0.25, -0.2) is 4.98 Å². The molecule has 2 heterocycles. The molecule has 0 N–H and O–H groups in total. The first kappa shape index (κ1) is 16.6. The third-order valence-corrected chi connectivity index (χ3v) is 4.47. The summed E-state index contributed by atoms with van der Waals surface area (Å²) in [7, 11) is 0. The first-order chi connectivity index (χ1) is 11.5. The van der Waals surface area contributed by atoms with Gasteiger partial charge in [0.25, 0.3) is 0 Å². The van der Waals surface area contributed by atoms with Crippen LogP contribution in [0.3, 0.4) is 0 Å². The molecule has 1 aliphatic rings. The summed E-state index contributed by atoms with van der Waals surface area (Å²) in [5.41, 5.74) is -0.186. The van der Waals surface area contributed by atoms with E-state index in [2.05, 4.69) is 32.8 Å². The number of benzene rings is 1. The topological polar surface area (TPSA) is 81.4 Å². The minimum Gasteiger partial charge on any atom is -0.434 e. The first-order valence-corrected chi connectivity index (χ1v) is 8.51. The molecule has 24 heavy (non-hydrogen) atoms. The van der Waals surface area contributed by atoms with Gasteiger partial charge in [-0.05, 0) is 43.0 Å². The van der Waals surface area contributed by atoms with Crippen molar-refractivity contribution < 1.29 is 9.66 Å². The number of rotatable bonds is 4. The molecule has 1 atom stereocenters. The highest BCUT2D eigenvalue weighted by molar-refractivity contribution is 9.10. The standard InChI is InChI=1S/C16H17BrN4O3/c1-11-3-2-8-20(9-11)15-14(21(22)23)16(19-10-18-15)24-13-6-4-12(17)5-7-13/h4-7,10-11H,2-3,8-9H2,1H3. The van der Waals surface area contributed by atoms with Gasteiger partial charge in [0.2, 0.25) is 5.82 Å². The Labute approximate surface area is 148 Å². The van der Waals surface area contributed by atoms with Crippen molar-refractivity contribution in [2.75, 3.05) is 18.0 Å². The lowest BCUT2D eigenvalue weighted by molar-refractivity contribution is -0.385. The minimum atomic E-state index is -0.469. The maximum Gasteiger partial charge on any atom is 0.373 e. The van der Waals surface area contributed by atoms with Crippen molar-refractivity contribution in [1.29, 1.82) is 0 Å². The molecule has 1 unspecified atom stereocenters. The van der Waals surface area contributed by atoms with Crippen molar-refractivity contribution in [1.82, 2.24) is 9.97 Å². The van der Waals surface area contributed by atoms with Crippen LogP contribution in [0.2, 0.25) is 0 Å². The molecular formula is C16H17BrN4O3. The smallest absolute Gasteiger partial charge is 0.373 e. The average molecular weight is 393 g/mol. The molecule has 1 aliphatic heterocycles. The predicted molar refractivity (Wildman–Crippen MR) is 93.5 cm³/mol. The zero-order valence-corrected chi connectivity index (χ0v) is 14.8. The molecule has 1 aromatic carbocycles. The number of nitrogens with zero attached hydrogens (tertiary/aromatic N) is 4. The van der Waals surface area contributed by atoms with Crippen LogP contribution < -0.4 is 9.64 Å². The van der Waals surface area contributed by atoms with Gasteiger partial charge in [-0.15, -0.1) is 0 Å². The number of ether oxygens (including phenoxy) is 1. The van der Waals surface area contributed by atoms with Crippen molar-refractivity contribution in [3.05, 3.63) is 45.2 Å². The zero-order chi connectivity index (χ0) is 17.1. The Hall–Kier alpha value is -2.22. The molecule has 0 saturated carbocycles. The lowest BCUT2D eigenvalue weighted by Crippen LogP contribution is -2.35. The number of nitro groups is 1. The van der Waals surface area contributed by atoms with Crippen LogP contribution in [0.1, 0.15) is 19.8 Å². The van der Waals surface area contributed by atoms with Crippen LogP contribution in [0.15, 0.2) is 35.1 Å². The molecular weight excluding hydrogens is 376 g/mol. The van der Waals surface area contributed by atoms with E-state index < -0.39 is 4.92 Å². The lowest BCUT2D eigenvalue weighted by atomic mass is 10.0. The van der Waals surface area contributed by atoms with Gasteiger partial charge in [0, 0.05) is 17.6 Å². The highest BCUT2D eigenvalue weighted by atomic mass is 79.9. The molecule has 0 aliphatic carbocycles. The molecule has 3 rings (SSSR count). The molecule has 1 fully saturated rings. The Balaban J connectivity index is 1.95. The van der Waals surface area contributed by atoms with Gasteiger partial charge in [-0.1, -0.05) is 22.9 Å². The van der Waals surface area contributed by atoms with Crippen molar-refractivity contribution in [3.8, 4) is 11.6 Å². The van der Waals surface area contributed by atoms with E-state index in [1.807, 2.05) is 4.90 Å². The molecule has 0 spiro atoms. The minimum absolute atomic E-state index is 0.0365. The predicted octanol–water partition coefficient (Wildman–Crippen LogP) is 4.18. The fourth-order valence-corrected chi connectivity index (χ4v) is 3.08. The van der Waals surface area contributed by atoms with Crippen molar-refractivity contribution >= 4 is 27.4 Å². The summed E-state index contributed by atoms with van der Waals surface area (Å²) in [6.07, 6.45) is 3.43. The van der Waals surface area contributed by atoms with Crippen LogP contribution in [0.5, 0.6) is 11.6 Å². The molecule has 0 bridgehead atoms. The highest BCUT2D eigenvalue weighted by Gasteiger charge is 2.30. The Bertz CT molecular complexity index is 739. The third-order valence-electron chi connectivity index (χ3n) is 3.94. The Morgan fingerprint density at radius 2 is 2.08 bits per heavy atom. The van der Waals surface area contributed by atoms with Gasteiger partial charge in [0.05, 0.1) is 4.92 Å². The summed E-state index contributed by atoms with van der Waals surface area (Å²) in [6.45, 7) is 3.63. The van der Waals surface area contributed by atoms with E-state index in [0.29, 0.717) is 17.5 Å². The Kier molecular flexibility index (Phi) is 4.94. The van der Waals surface area contributed by atoms with E-state index >= 15 is 0 Å². The number of piperidine rings is 1. The van der Waals surface area contributed by atoms with Crippen LogP contribution in [0, 0.1) is 16.0 Å². The third kappa shape index (κ3) is 3.64. The normalized spacial score (nSPS) is 17.6. The van der Waals surface area contributed by atoms with E-state index in [1.165, 1.54) is 6.33 Å². The van der Waals surface area contributed by atoms with Gasteiger partial charge in [-0.2, -0.15) is 4.98 Å². The summed E-state index contributed by atoms with van der Waals surface area (Å²) >= 11 is 3.34. The zero-order valence-electron chi connectivity index (χ0n) is 13.2. The quantitative estimate of drug-likeness (QED) is 0.573. The molecule has 0 amide bonds. The second kappa shape index (κ2) is 7.12. The second-order valence-corrected chi connectivity index (χ2v) is 6.77. The molecule has 2 aromatic rings. The van der Waals surface area contributed by atoms with E-state index in [-0.39, 0.29) is 11.6 Å². The largest absolute Gasteiger partial charge is 0.434 e. The van der Waals surface area contributed by atoms with E-state index in [1.54, 1.807) is 24.3 Å². The van der Waals surface area contributed by atoms with Gasteiger partial charge < -0.3 is 9.64 Å². The maximum absolute atomic E-state index is 11.6. The molecule has 0 radical (unpaired) electrons. The molecule has 1 aromatic heterocycles. The maximum atomic E-state index is 11.6. The Morgan fingerprint density at radius 1 is 1.33 bits per heavy atom. The molecule has 8 heteroatoms. The number of hydrogen-bond acceptors (Lipinski definition) is 6. The summed E-state index contributed by atoms with van der Waals surface area (Å²) in [5, 5.41) is 11.6. The van der Waals surface area contributed by atoms with Crippen LogP contribution >= 0.6 is 15.9 Å². The van der Waals surface area contributed by atoms with Crippen LogP contribution in [-0.2, 0) is 0 Å². The number of anilines is 1. The van der Waals surface area contributed by atoms with E-state index in [9.17, 15) is 10.1 Å². The Morgan fingerprint density at radius 3 is 2.75 bits per heavy atom. The summed E-state index contributed by atoms with van der Waals surface area (Å²) < 4.78 is 6.54. The van der Waals surface area contributed by atoms with Gasteiger partial charge in [0.1, 0.15) is 12.1 Å². The van der Waals surface area contributed by atoms with E-state index in [0.717, 1.165) is 30.4 Å². The number of aromatic nitrogens is 2. The highest BCUT2D eigenvalue weighted by Crippen LogP contribution is 2.37. The summed E-state index contributed by atoms with van der Waals surface area (Å²) in [5.74, 6) is 1.25. The van der Waals surface area contributed by atoms with Crippen LogP contribution in [-0.4, -0.2) is 28.0 Å². The van der Waals surface area contributed by atoms with Crippen molar-refractivity contribution in [2.24, 2.45) is 5.92 Å². The fourth-order valence-electron chi connectivity index (χ4n) is 2.82. The monoisotopic (exact) mass is 392 g/mol. The lowest BCUT2D eigenvalue weighted by Gasteiger charge is -2.31. The van der Waals surface area contributed by atoms with Gasteiger partial charge in [0.15, 0.2) is 0 Å². The summed E-state index contributed by atoms with van der Waals surface area (Å²) in [6, 6.07) is 7.04. The van der Waals surface area contributed by atoms with E-state index in [4.69, 9.17) is 4.74 Å². The fraction of sp³-hybridized carbons (Fsp3) is 0.375. The SMILES string of the molecule is CC1CCCN(c2ncnc(Oc3ccc(Br)cc3)c2[N+](=O)[O-])C1. The second-order valence-electron chi connectivity index (χ2n) is 5.86. The van der Waals surface area contributed by atoms with Gasteiger partial charge >= 0.3 is 11.6 Å². The average Bonchev–Trinajstić information content (AvgIpc) is 2.56. The first-order valence-electron chi connectivity index (χ1n) is 7.72. The van der Waals surface area contributed by atoms with Crippen LogP contribution in [0.25, 0.3) is 0 Å². The van der Waals surface area contributed by atoms with Crippen LogP contribution in [0.4, 0.5) is 11.5 Å².